The van der Waals surface area contributed by atoms with Gasteiger partial charge in [-0.3, -0.25) is 4.72 Å². The maximum atomic E-state index is 12.4. The number of sulfonamides is 1. The average Bonchev–Trinajstić information content (AvgIpc) is 3.35. The van der Waals surface area contributed by atoms with Gasteiger partial charge in [-0.05, 0) is 61.1 Å². The van der Waals surface area contributed by atoms with E-state index in [1.807, 2.05) is 6.07 Å². The summed E-state index contributed by atoms with van der Waals surface area (Å²) in [5.74, 6) is 0.987. The second-order valence-corrected chi connectivity index (χ2v) is 8.12. The van der Waals surface area contributed by atoms with E-state index < -0.39 is 10.0 Å². The molecule has 1 saturated carbocycles. The summed E-state index contributed by atoms with van der Waals surface area (Å²) < 4.78 is 32.8. The molecule has 0 saturated heterocycles. The Labute approximate surface area is 147 Å². The Morgan fingerprint density at radius 2 is 2.08 bits per heavy atom. The van der Waals surface area contributed by atoms with Crippen LogP contribution in [-0.4, -0.2) is 20.0 Å². The third kappa shape index (κ3) is 4.47. The predicted octanol–water partition coefficient (Wildman–Crippen LogP) is 3.77. The van der Waals surface area contributed by atoms with Crippen LogP contribution >= 0.6 is 11.6 Å². The minimum atomic E-state index is -3.69. The Kier molecular flexibility index (Phi) is 5.08. The number of hydrogen-bond donors (Lipinski definition) is 1. The number of hydrogen-bond acceptors (Lipinski definition) is 4. The van der Waals surface area contributed by atoms with Gasteiger partial charge in [0.15, 0.2) is 0 Å². The zero-order chi connectivity index (χ0) is 17.2. The molecule has 7 heteroatoms. The number of aromatic nitrogens is 1. The zero-order valence-electron chi connectivity index (χ0n) is 13.3. The number of halogens is 1. The van der Waals surface area contributed by atoms with Crippen molar-refractivity contribution in [2.75, 3.05) is 11.3 Å². The smallest absolute Gasteiger partial charge is 0.263 e. The summed E-state index contributed by atoms with van der Waals surface area (Å²) in [7, 11) is -3.69. The Bertz CT molecular complexity index is 818. The van der Waals surface area contributed by atoms with Crippen LogP contribution in [0.1, 0.15) is 24.0 Å². The van der Waals surface area contributed by atoms with Crippen LogP contribution in [0.5, 0.6) is 0 Å². The lowest BCUT2D eigenvalue weighted by molar-refractivity contribution is 0.111. The lowest BCUT2D eigenvalue weighted by atomic mass is 10.2. The fourth-order valence-corrected chi connectivity index (χ4v) is 3.39. The first-order valence-corrected chi connectivity index (χ1v) is 9.62. The van der Waals surface area contributed by atoms with Crippen molar-refractivity contribution in [2.24, 2.45) is 5.92 Å². The molecule has 1 aliphatic carbocycles. The van der Waals surface area contributed by atoms with E-state index in [4.69, 9.17) is 16.3 Å². The van der Waals surface area contributed by atoms with Gasteiger partial charge in [-0.25, -0.2) is 13.4 Å². The molecule has 0 amide bonds. The van der Waals surface area contributed by atoms with Gasteiger partial charge in [0.1, 0.15) is 5.82 Å². The van der Waals surface area contributed by atoms with Crippen molar-refractivity contribution in [1.82, 2.24) is 4.98 Å². The molecule has 1 aliphatic rings. The molecule has 5 nitrogen and oxygen atoms in total. The minimum absolute atomic E-state index is 0.156. The fourth-order valence-electron chi connectivity index (χ4n) is 2.18. The molecule has 0 unspecified atom stereocenters. The highest BCUT2D eigenvalue weighted by atomic mass is 35.5. The second kappa shape index (κ2) is 7.09. The largest absolute Gasteiger partial charge is 0.376 e. The number of aryl methyl sites for hydroxylation is 1. The standard InChI is InChI=1S/C17H19ClN2O3S/c1-12-8-15(5-6-16(12)18)24(21,22)20-17-7-4-14(9-19-17)11-23-10-13-2-3-13/h4-9,13H,2-3,10-11H2,1H3,(H,19,20). The Morgan fingerprint density at radius 1 is 1.29 bits per heavy atom. The quantitative estimate of drug-likeness (QED) is 0.809. The highest BCUT2D eigenvalue weighted by Gasteiger charge is 2.21. The molecule has 2 aromatic rings. The molecule has 0 bridgehead atoms. The van der Waals surface area contributed by atoms with Gasteiger partial charge in [-0.15, -0.1) is 0 Å². The lowest BCUT2D eigenvalue weighted by Gasteiger charge is -2.09. The van der Waals surface area contributed by atoms with Gasteiger partial charge < -0.3 is 4.74 Å². The molecule has 0 atom stereocenters. The number of benzene rings is 1. The van der Waals surface area contributed by atoms with Crippen molar-refractivity contribution >= 4 is 27.4 Å². The first-order chi connectivity index (χ1) is 11.4. The van der Waals surface area contributed by atoms with Crippen LogP contribution in [0.15, 0.2) is 41.4 Å². The average molecular weight is 367 g/mol. The van der Waals surface area contributed by atoms with Crippen LogP contribution in [0.25, 0.3) is 0 Å². The fraction of sp³-hybridized carbons (Fsp3) is 0.353. The van der Waals surface area contributed by atoms with E-state index in [2.05, 4.69) is 9.71 Å². The summed E-state index contributed by atoms with van der Waals surface area (Å²) in [6, 6.07) is 8.02. The first kappa shape index (κ1) is 17.2. The van der Waals surface area contributed by atoms with Crippen LogP contribution < -0.4 is 4.72 Å². The van der Waals surface area contributed by atoms with Gasteiger partial charge in [-0.1, -0.05) is 17.7 Å². The van der Waals surface area contributed by atoms with Gasteiger partial charge in [0, 0.05) is 17.8 Å². The Hall–Kier alpha value is -1.63. The molecule has 1 N–H and O–H groups in total. The highest BCUT2D eigenvalue weighted by molar-refractivity contribution is 7.92. The second-order valence-electron chi connectivity index (χ2n) is 6.03. The molecule has 1 aromatic carbocycles. The van der Waals surface area contributed by atoms with Crippen molar-refractivity contribution in [3.63, 3.8) is 0 Å². The van der Waals surface area contributed by atoms with E-state index in [-0.39, 0.29) is 10.7 Å². The van der Waals surface area contributed by atoms with Crippen LogP contribution in [0, 0.1) is 12.8 Å². The summed E-state index contributed by atoms with van der Waals surface area (Å²) in [5.41, 5.74) is 1.62. The summed E-state index contributed by atoms with van der Waals surface area (Å²) in [6.07, 6.45) is 4.13. The monoisotopic (exact) mass is 366 g/mol. The summed E-state index contributed by atoms with van der Waals surface area (Å²) in [6.45, 7) is 3.03. The number of nitrogens with zero attached hydrogens (tertiary/aromatic N) is 1. The van der Waals surface area contributed by atoms with Gasteiger partial charge in [0.05, 0.1) is 11.5 Å². The van der Waals surface area contributed by atoms with E-state index in [0.717, 1.165) is 12.2 Å². The molecule has 24 heavy (non-hydrogen) atoms. The molecular weight excluding hydrogens is 348 g/mol. The first-order valence-electron chi connectivity index (χ1n) is 7.76. The number of rotatable bonds is 7. The van der Waals surface area contributed by atoms with Gasteiger partial charge in [0.2, 0.25) is 0 Å². The summed E-state index contributed by atoms with van der Waals surface area (Å²) in [5, 5.41) is 0.530. The molecular formula is C17H19ClN2O3S. The van der Waals surface area contributed by atoms with E-state index >= 15 is 0 Å². The van der Waals surface area contributed by atoms with Gasteiger partial charge >= 0.3 is 0 Å². The maximum absolute atomic E-state index is 12.4. The van der Waals surface area contributed by atoms with E-state index in [9.17, 15) is 8.42 Å². The van der Waals surface area contributed by atoms with E-state index in [0.29, 0.717) is 23.1 Å². The summed E-state index contributed by atoms with van der Waals surface area (Å²) >= 11 is 5.93. The normalized spacial score (nSPS) is 14.6. The van der Waals surface area contributed by atoms with Crippen molar-refractivity contribution < 1.29 is 13.2 Å². The SMILES string of the molecule is Cc1cc(S(=O)(=O)Nc2ccc(COCC3CC3)cn2)ccc1Cl. The molecule has 1 fully saturated rings. The Balaban J connectivity index is 1.64. The Morgan fingerprint density at radius 3 is 2.71 bits per heavy atom. The van der Waals surface area contributed by atoms with Crippen LogP contribution in [0.2, 0.25) is 5.02 Å². The molecule has 3 rings (SSSR count). The van der Waals surface area contributed by atoms with E-state index in [1.165, 1.54) is 25.0 Å². The highest BCUT2D eigenvalue weighted by Crippen LogP contribution is 2.29. The van der Waals surface area contributed by atoms with Gasteiger partial charge in [-0.2, -0.15) is 0 Å². The topological polar surface area (TPSA) is 68.3 Å². The molecule has 0 radical (unpaired) electrons. The van der Waals surface area contributed by atoms with Crippen LogP contribution in [-0.2, 0) is 21.4 Å². The number of ether oxygens (including phenoxy) is 1. The number of anilines is 1. The van der Waals surface area contributed by atoms with Crippen molar-refractivity contribution in [3.8, 4) is 0 Å². The van der Waals surface area contributed by atoms with Crippen molar-refractivity contribution in [3.05, 3.63) is 52.7 Å². The predicted molar refractivity (Wildman–Crippen MR) is 93.6 cm³/mol. The van der Waals surface area contributed by atoms with Crippen LogP contribution in [0.3, 0.4) is 0 Å². The van der Waals surface area contributed by atoms with Crippen LogP contribution in [0.4, 0.5) is 5.82 Å². The maximum Gasteiger partial charge on any atom is 0.263 e. The zero-order valence-corrected chi connectivity index (χ0v) is 14.9. The third-order valence-corrected chi connectivity index (χ3v) is 5.60. The molecule has 1 aromatic heterocycles. The van der Waals surface area contributed by atoms with Crippen molar-refractivity contribution in [1.29, 1.82) is 0 Å². The number of pyridine rings is 1. The molecule has 128 valence electrons. The third-order valence-electron chi connectivity index (χ3n) is 3.82. The molecule has 0 aliphatic heterocycles. The van der Waals surface area contributed by atoms with Gasteiger partial charge in [0.25, 0.3) is 10.0 Å². The number of nitrogens with one attached hydrogen (secondary N) is 1. The lowest BCUT2D eigenvalue weighted by Crippen LogP contribution is -2.14. The molecule has 1 heterocycles. The van der Waals surface area contributed by atoms with Crippen molar-refractivity contribution in [2.45, 2.75) is 31.3 Å². The minimum Gasteiger partial charge on any atom is -0.376 e. The molecule has 0 spiro atoms. The van der Waals surface area contributed by atoms with E-state index in [1.54, 1.807) is 25.3 Å². The summed E-state index contributed by atoms with van der Waals surface area (Å²) in [4.78, 5) is 4.30.